The number of carboxylic acids is 1. The van der Waals surface area contributed by atoms with Crippen molar-refractivity contribution in [3.8, 4) is 0 Å². The number of urea groups is 1. The molecule has 0 aromatic carbocycles. The molecule has 8 heteroatoms. The molecule has 0 saturated carbocycles. The van der Waals surface area contributed by atoms with E-state index in [4.69, 9.17) is 5.11 Å². The predicted molar refractivity (Wildman–Crippen MR) is 71.7 cm³/mol. The Bertz CT molecular complexity index is 454. The van der Waals surface area contributed by atoms with Gasteiger partial charge in [0.05, 0.1) is 16.7 Å². The van der Waals surface area contributed by atoms with Crippen molar-refractivity contribution < 1.29 is 23.1 Å². The third kappa shape index (κ3) is 5.46. The van der Waals surface area contributed by atoms with Gasteiger partial charge in [0, 0.05) is 12.8 Å². The lowest BCUT2D eigenvalue weighted by Crippen LogP contribution is -2.59. The summed E-state index contributed by atoms with van der Waals surface area (Å²) in [6, 6.07) is -0.594. The van der Waals surface area contributed by atoms with E-state index in [1.165, 1.54) is 13.8 Å². The van der Waals surface area contributed by atoms with Gasteiger partial charge in [0.25, 0.3) is 0 Å². The average Bonchev–Trinajstić information content (AvgIpc) is 2.13. The molecule has 3 N–H and O–H groups in total. The molecule has 0 unspecified atom stereocenters. The first-order valence-corrected chi connectivity index (χ1v) is 7.83. The molecular formula is C11H22N2O5S. The van der Waals surface area contributed by atoms with Gasteiger partial charge in [-0.05, 0) is 27.7 Å². The number of carboxylic acid groups (broad SMARTS) is 1. The van der Waals surface area contributed by atoms with E-state index in [0.717, 1.165) is 6.26 Å². The second-order valence-corrected chi connectivity index (χ2v) is 7.83. The van der Waals surface area contributed by atoms with Gasteiger partial charge in [0.2, 0.25) is 0 Å². The largest absolute Gasteiger partial charge is 0.481 e. The highest BCUT2D eigenvalue weighted by atomic mass is 32.2. The summed E-state index contributed by atoms with van der Waals surface area (Å²) in [6.07, 6.45) is 1.07. The normalized spacial score (nSPS) is 12.9. The number of rotatable bonds is 6. The quantitative estimate of drug-likeness (QED) is 0.648. The topological polar surface area (TPSA) is 113 Å². The van der Waals surface area contributed by atoms with Crippen molar-refractivity contribution in [2.75, 3.05) is 18.6 Å². The summed E-state index contributed by atoms with van der Waals surface area (Å²) in [7, 11) is -3.14. The lowest BCUT2D eigenvalue weighted by atomic mass is 9.74. The summed E-state index contributed by atoms with van der Waals surface area (Å²) in [5, 5.41) is 14.0. The van der Waals surface area contributed by atoms with Gasteiger partial charge in [0.1, 0.15) is 9.84 Å². The van der Waals surface area contributed by atoms with Crippen LogP contribution in [0, 0.1) is 5.41 Å². The van der Waals surface area contributed by atoms with Crippen LogP contribution in [0.4, 0.5) is 4.79 Å². The van der Waals surface area contributed by atoms with Gasteiger partial charge in [-0.1, -0.05) is 0 Å². The van der Waals surface area contributed by atoms with E-state index >= 15 is 0 Å². The van der Waals surface area contributed by atoms with Crippen LogP contribution in [0.2, 0.25) is 0 Å². The highest BCUT2D eigenvalue weighted by molar-refractivity contribution is 7.90. The van der Waals surface area contributed by atoms with Crippen LogP contribution in [0.3, 0.4) is 0 Å². The Morgan fingerprint density at radius 3 is 2.00 bits per heavy atom. The molecule has 112 valence electrons. The van der Waals surface area contributed by atoms with Crippen molar-refractivity contribution in [1.82, 2.24) is 10.6 Å². The lowest BCUT2D eigenvalue weighted by Gasteiger charge is -2.38. The summed E-state index contributed by atoms with van der Waals surface area (Å²) in [5.74, 6) is -1.20. The number of nitrogens with one attached hydrogen (secondary N) is 2. The summed E-state index contributed by atoms with van der Waals surface area (Å²) in [4.78, 5) is 22.7. The van der Waals surface area contributed by atoms with Crippen LogP contribution in [0.5, 0.6) is 0 Å². The first-order chi connectivity index (χ1) is 8.29. The van der Waals surface area contributed by atoms with Gasteiger partial charge < -0.3 is 15.7 Å². The van der Waals surface area contributed by atoms with Crippen LogP contribution in [0.1, 0.15) is 27.7 Å². The van der Waals surface area contributed by atoms with E-state index < -0.39 is 32.8 Å². The van der Waals surface area contributed by atoms with Gasteiger partial charge in [-0.15, -0.1) is 0 Å². The highest BCUT2D eigenvalue weighted by Crippen LogP contribution is 2.30. The molecule has 0 saturated heterocycles. The van der Waals surface area contributed by atoms with Gasteiger partial charge in [-0.2, -0.15) is 0 Å². The number of hydrogen-bond donors (Lipinski definition) is 3. The number of aliphatic carboxylic acids is 1. The molecule has 0 aliphatic heterocycles. The molecule has 0 aromatic rings. The number of sulfone groups is 1. The maximum absolute atomic E-state index is 11.6. The number of carbonyl (C=O) groups excluding carboxylic acids is 1. The Balaban J connectivity index is 4.52. The zero-order valence-corrected chi connectivity index (χ0v) is 12.7. The molecule has 0 heterocycles. The Hall–Kier alpha value is -1.31. The van der Waals surface area contributed by atoms with E-state index in [9.17, 15) is 18.0 Å². The molecule has 0 bridgehead atoms. The Kier molecular flexibility index (Phi) is 5.37. The van der Waals surface area contributed by atoms with Crippen LogP contribution in [-0.2, 0) is 14.6 Å². The summed E-state index contributed by atoms with van der Waals surface area (Å²) in [5.41, 5.74) is -2.16. The molecular weight excluding hydrogens is 272 g/mol. The molecule has 0 aliphatic rings. The third-order valence-corrected chi connectivity index (χ3v) is 4.23. The van der Waals surface area contributed by atoms with Gasteiger partial charge >= 0.3 is 12.0 Å². The fourth-order valence-electron chi connectivity index (χ4n) is 1.10. The highest BCUT2D eigenvalue weighted by Gasteiger charge is 2.44. The van der Waals surface area contributed by atoms with Crippen molar-refractivity contribution in [1.29, 1.82) is 0 Å². The molecule has 0 fully saturated rings. The molecule has 0 aromatic heterocycles. The summed E-state index contributed by atoms with van der Waals surface area (Å²) < 4.78 is 21.8. The molecule has 19 heavy (non-hydrogen) atoms. The zero-order chi connectivity index (χ0) is 15.5. The smallest absolute Gasteiger partial charge is 0.315 e. The summed E-state index contributed by atoms with van der Waals surface area (Å²) >= 11 is 0. The molecule has 0 aliphatic carbocycles. The molecule has 2 amide bonds. The monoisotopic (exact) mass is 294 g/mol. The van der Waals surface area contributed by atoms with Crippen LogP contribution >= 0.6 is 0 Å². The van der Waals surface area contributed by atoms with Gasteiger partial charge in [0.15, 0.2) is 0 Å². The van der Waals surface area contributed by atoms with E-state index in [-0.39, 0.29) is 12.3 Å². The number of amides is 2. The van der Waals surface area contributed by atoms with Crippen LogP contribution in [0.25, 0.3) is 0 Å². The van der Waals surface area contributed by atoms with Crippen molar-refractivity contribution >= 4 is 21.8 Å². The second-order valence-electron chi connectivity index (χ2n) is 5.57. The van der Waals surface area contributed by atoms with Crippen LogP contribution < -0.4 is 10.6 Å². The van der Waals surface area contributed by atoms with E-state index in [2.05, 4.69) is 10.6 Å². The number of carbonyl (C=O) groups is 2. The van der Waals surface area contributed by atoms with E-state index in [0.29, 0.717) is 0 Å². The SMILES string of the molecule is CC(C)(NC(=O)NCCS(C)(=O)=O)C(C)(C)C(=O)O. The maximum Gasteiger partial charge on any atom is 0.315 e. The van der Waals surface area contributed by atoms with Gasteiger partial charge in [-0.3, -0.25) is 4.79 Å². The minimum atomic E-state index is -3.14. The fraction of sp³-hybridized carbons (Fsp3) is 0.818. The fourth-order valence-corrected chi connectivity index (χ4v) is 1.57. The van der Waals surface area contributed by atoms with E-state index in [1.54, 1.807) is 13.8 Å². The minimum absolute atomic E-state index is 0.0196. The molecule has 0 spiro atoms. The van der Waals surface area contributed by atoms with Crippen LogP contribution in [-0.4, -0.2) is 49.6 Å². The third-order valence-electron chi connectivity index (χ3n) is 3.28. The standard InChI is InChI=1S/C11H22N2O5S/c1-10(2,8(14)15)11(3,4)13-9(16)12-6-7-19(5,17)18/h6-7H2,1-5H3,(H,14,15)(H2,12,13,16). The molecule has 0 atom stereocenters. The van der Waals surface area contributed by atoms with Crippen LogP contribution in [0.15, 0.2) is 0 Å². The first kappa shape index (κ1) is 17.7. The van der Waals surface area contributed by atoms with E-state index in [1.807, 2.05) is 0 Å². The molecule has 0 rings (SSSR count). The average molecular weight is 294 g/mol. The Labute approximate surface area is 113 Å². The summed E-state index contributed by atoms with van der Waals surface area (Å²) in [6.45, 7) is 6.18. The Morgan fingerprint density at radius 2 is 1.63 bits per heavy atom. The Morgan fingerprint density at radius 1 is 1.16 bits per heavy atom. The maximum atomic E-state index is 11.6. The van der Waals surface area contributed by atoms with Crippen molar-refractivity contribution in [2.24, 2.45) is 5.41 Å². The second kappa shape index (κ2) is 5.77. The predicted octanol–water partition coefficient (Wildman–Crippen LogP) is 0.220. The van der Waals surface area contributed by atoms with Crippen molar-refractivity contribution in [3.05, 3.63) is 0 Å². The number of hydrogen-bond acceptors (Lipinski definition) is 4. The van der Waals surface area contributed by atoms with Crippen molar-refractivity contribution in [3.63, 3.8) is 0 Å². The zero-order valence-electron chi connectivity index (χ0n) is 11.9. The molecule has 0 radical (unpaired) electrons. The lowest BCUT2D eigenvalue weighted by molar-refractivity contribution is -0.150. The first-order valence-electron chi connectivity index (χ1n) is 5.77. The molecule has 7 nitrogen and oxygen atoms in total. The van der Waals surface area contributed by atoms with Gasteiger partial charge in [-0.25, -0.2) is 13.2 Å². The minimum Gasteiger partial charge on any atom is -0.481 e. The van der Waals surface area contributed by atoms with Crippen molar-refractivity contribution in [2.45, 2.75) is 33.2 Å².